The van der Waals surface area contributed by atoms with Gasteiger partial charge in [0.05, 0.1) is 5.52 Å². The Balaban J connectivity index is 0.000000599. The van der Waals surface area contributed by atoms with Crippen molar-refractivity contribution in [2.45, 2.75) is 52.0 Å². The molecule has 0 radical (unpaired) electrons. The lowest BCUT2D eigenvalue weighted by Crippen LogP contribution is -2.39. The largest absolute Gasteiger partial charge is 0.473 e. The van der Waals surface area contributed by atoms with Crippen molar-refractivity contribution >= 4 is 28.7 Å². The van der Waals surface area contributed by atoms with Crippen LogP contribution in [0.3, 0.4) is 0 Å². The number of para-hydroxylation sites is 1. The predicted octanol–water partition coefficient (Wildman–Crippen LogP) is 4.24. The lowest BCUT2D eigenvalue weighted by atomic mass is 9.96. The zero-order chi connectivity index (χ0) is 27.5. The smallest absolute Gasteiger partial charge is 0.414 e. The molecule has 0 spiro atoms. The molecule has 1 saturated heterocycles. The number of piperidine rings is 1. The number of hydrogen-bond acceptors (Lipinski definition) is 5. The Hall–Kier alpha value is -3.72. The molecule has 4 rings (SSSR count). The van der Waals surface area contributed by atoms with Gasteiger partial charge in [-0.15, -0.1) is 0 Å². The molecule has 9 heteroatoms. The molecule has 2 heterocycles. The first-order chi connectivity index (χ1) is 18.3. The van der Waals surface area contributed by atoms with Gasteiger partial charge >= 0.3 is 11.9 Å². The molecule has 1 aliphatic rings. The Morgan fingerprint density at radius 1 is 0.947 bits per heavy atom. The van der Waals surface area contributed by atoms with Crippen LogP contribution in [0.15, 0.2) is 54.6 Å². The van der Waals surface area contributed by atoms with Crippen LogP contribution in [0.25, 0.3) is 10.9 Å². The molecule has 0 bridgehead atoms. The SMILES string of the molecule is CC(C)n1nc(C(=O)NCC2CCN(CCCCc3ccccc3)CC2)c2ccccc21.O=C(O)C(=O)O. The lowest BCUT2D eigenvalue weighted by Gasteiger charge is -2.32. The van der Waals surface area contributed by atoms with Crippen LogP contribution in [0.2, 0.25) is 0 Å². The first-order valence-electron chi connectivity index (χ1n) is 13.2. The molecule has 3 aromatic rings. The highest BCUT2D eigenvalue weighted by molar-refractivity contribution is 6.27. The van der Waals surface area contributed by atoms with Crippen molar-refractivity contribution < 1.29 is 24.6 Å². The third-order valence-electron chi connectivity index (χ3n) is 6.79. The Kier molecular flexibility index (Phi) is 10.8. The number of nitrogens with zero attached hydrogens (tertiary/aromatic N) is 3. The molecule has 38 heavy (non-hydrogen) atoms. The van der Waals surface area contributed by atoms with E-state index in [1.54, 1.807) is 0 Å². The highest BCUT2D eigenvalue weighted by Gasteiger charge is 2.22. The van der Waals surface area contributed by atoms with Gasteiger partial charge in [-0.1, -0.05) is 48.5 Å². The number of hydrogen-bond donors (Lipinski definition) is 3. The Bertz CT molecular complexity index is 1190. The molecule has 9 nitrogen and oxygen atoms in total. The molecular weight excluding hydrogens is 484 g/mol. The summed E-state index contributed by atoms with van der Waals surface area (Å²) in [4.78, 5) is 33.7. The Morgan fingerprint density at radius 3 is 2.21 bits per heavy atom. The molecule has 0 aliphatic carbocycles. The van der Waals surface area contributed by atoms with E-state index in [9.17, 15) is 4.79 Å². The number of rotatable bonds is 9. The van der Waals surface area contributed by atoms with Gasteiger partial charge in [0.15, 0.2) is 5.69 Å². The van der Waals surface area contributed by atoms with Gasteiger partial charge in [-0.2, -0.15) is 5.10 Å². The van der Waals surface area contributed by atoms with Gasteiger partial charge in [0, 0.05) is 18.0 Å². The van der Waals surface area contributed by atoms with Crippen LogP contribution < -0.4 is 5.32 Å². The fraction of sp³-hybridized carbons (Fsp3) is 0.448. The number of aromatic nitrogens is 2. The van der Waals surface area contributed by atoms with Crippen LogP contribution in [0.5, 0.6) is 0 Å². The molecule has 0 unspecified atom stereocenters. The number of likely N-dealkylation sites (tertiary alicyclic amines) is 1. The minimum atomic E-state index is -1.82. The maximum Gasteiger partial charge on any atom is 0.414 e. The van der Waals surface area contributed by atoms with E-state index in [4.69, 9.17) is 19.8 Å². The molecule has 204 valence electrons. The topological polar surface area (TPSA) is 125 Å². The van der Waals surface area contributed by atoms with E-state index in [0.29, 0.717) is 11.6 Å². The summed E-state index contributed by atoms with van der Waals surface area (Å²) in [6, 6.07) is 19.0. The molecule has 0 saturated carbocycles. The number of unbranched alkanes of at least 4 members (excludes halogenated alkanes) is 1. The molecule has 1 aliphatic heterocycles. The van der Waals surface area contributed by atoms with E-state index in [-0.39, 0.29) is 11.9 Å². The monoisotopic (exact) mass is 522 g/mol. The number of aryl methyl sites for hydroxylation is 1. The van der Waals surface area contributed by atoms with E-state index in [0.717, 1.165) is 43.4 Å². The molecule has 2 aromatic carbocycles. The molecule has 3 N–H and O–H groups in total. The average molecular weight is 523 g/mol. The molecule has 1 aromatic heterocycles. The van der Waals surface area contributed by atoms with E-state index in [1.165, 1.54) is 31.4 Å². The van der Waals surface area contributed by atoms with Crippen molar-refractivity contribution in [1.29, 1.82) is 0 Å². The van der Waals surface area contributed by atoms with E-state index >= 15 is 0 Å². The second-order valence-corrected chi connectivity index (χ2v) is 9.95. The minimum Gasteiger partial charge on any atom is -0.473 e. The van der Waals surface area contributed by atoms with Crippen molar-refractivity contribution in [3.05, 3.63) is 65.9 Å². The number of nitrogens with one attached hydrogen (secondary N) is 1. The average Bonchev–Trinajstić information content (AvgIpc) is 3.32. The van der Waals surface area contributed by atoms with Gasteiger partial charge in [0.25, 0.3) is 5.91 Å². The number of carboxylic acid groups (broad SMARTS) is 2. The predicted molar refractivity (Wildman–Crippen MR) is 146 cm³/mol. The first kappa shape index (κ1) is 28.8. The summed E-state index contributed by atoms with van der Waals surface area (Å²) in [7, 11) is 0. The molecule has 0 atom stereocenters. The van der Waals surface area contributed by atoms with Crippen LogP contribution in [-0.2, 0) is 16.0 Å². The van der Waals surface area contributed by atoms with Crippen molar-refractivity contribution in [2.75, 3.05) is 26.2 Å². The van der Waals surface area contributed by atoms with Gasteiger partial charge < -0.3 is 20.4 Å². The summed E-state index contributed by atoms with van der Waals surface area (Å²) in [6.45, 7) is 8.38. The second-order valence-electron chi connectivity index (χ2n) is 9.95. The Morgan fingerprint density at radius 2 is 1.58 bits per heavy atom. The lowest BCUT2D eigenvalue weighted by molar-refractivity contribution is -0.159. The van der Waals surface area contributed by atoms with Gasteiger partial charge in [-0.25, -0.2) is 9.59 Å². The van der Waals surface area contributed by atoms with Crippen molar-refractivity contribution in [2.24, 2.45) is 5.92 Å². The van der Waals surface area contributed by atoms with Crippen LogP contribution in [-0.4, -0.2) is 68.9 Å². The van der Waals surface area contributed by atoms with Crippen LogP contribution in [0.1, 0.15) is 61.6 Å². The zero-order valence-corrected chi connectivity index (χ0v) is 22.2. The third kappa shape index (κ3) is 8.41. The highest BCUT2D eigenvalue weighted by Crippen LogP contribution is 2.22. The number of carbonyl (C=O) groups is 3. The van der Waals surface area contributed by atoms with Crippen LogP contribution in [0, 0.1) is 5.92 Å². The van der Waals surface area contributed by atoms with Crippen LogP contribution >= 0.6 is 0 Å². The summed E-state index contributed by atoms with van der Waals surface area (Å²) >= 11 is 0. The zero-order valence-electron chi connectivity index (χ0n) is 22.2. The number of carboxylic acids is 2. The second kappa shape index (κ2) is 14.3. The summed E-state index contributed by atoms with van der Waals surface area (Å²) in [6.07, 6.45) is 5.98. The summed E-state index contributed by atoms with van der Waals surface area (Å²) in [5.41, 5.74) is 3.01. The summed E-state index contributed by atoms with van der Waals surface area (Å²) < 4.78 is 1.94. The number of benzene rings is 2. The number of aliphatic carboxylic acids is 2. The normalized spacial score (nSPS) is 14.2. The standard InChI is InChI=1S/C27H36N4O.C2H2O4/c1-21(2)31-25-14-7-6-13-24(25)26(29-31)27(32)28-20-23-15-18-30(19-16-23)17-9-8-12-22-10-4-3-5-11-22;3-1(4)2(5)6/h3-7,10-11,13-14,21,23H,8-9,12,15-20H2,1-2H3,(H,28,32);(H,3,4)(H,5,6). The van der Waals surface area contributed by atoms with E-state index in [1.807, 2.05) is 28.9 Å². The summed E-state index contributed by atoms with van der Waals surface area (Å²) in [5, 5.41) is 23.5. The molecular formula is C29H38N4O5. The van der Waals surface area contributed by atoms with Gasteiger partial charge in [-0.3, -0.25) is 9.48 Å². The van der Waals surface area contributed by atoms with Crippen molar-refractivity contribution in [1.82, 2.24) is 20.0 Å². The number of amides is 1. The first-order valence-corrected chi connectivity index (χ1v) is 13.2. The van der Waals surface area contributed by atoms with Crippen molar-refractivity contribution in [3.8, 4) is 0 Å². The number of fused-ring (bicyclic) bond motifs is 1. The summed E-state index contributed by atoms with van der Waals surface area (Å²) in [5.74, 6) is -3.15. The Labute approximate surface area is 223 Å². The number of carbonyl (C=O) groups excluding carboxylic acids is 1. The fourth-order valence-corrected chi connectivity index (χ4v) is 4.69. The minimum absolute atomic E-state index is 0.0519. The maximum absolute atomic E-state index is 12.9. The molecule has 1 amide bonds. The maximum atomic E-state index is 12.9. The van der Waals surface area contributed by atoms with E-state index < -0.39 is 11.9 Å². The van der Waals surface area contributed by atoms with Gasteiger partial charge in [0.2, 0.25) is 0 Å². The van der Waals surface area contributed by atoms with E-state index in [2.05, 4.69) is 59.5 Å². The van der Waals surface area contributed by atoms with Gasteiger partial charge in [0.1, 0.15) is 0 Å². The molecule has 1 fully saturated rings. The fourth-order valence-electron chi connectivity index (χ4n) is 4.69. The van der Waals surface area contributed by atoms with Crippen molar-refractivity contribution in [3.63, 3.8) is 0 Å². The quantitative estimate of drug-likeness (QED) is 0.284. The third-order valence-corrected chi connectivity index (χ3v) is 6.79. The van der Waals surface area contributed by atoms with Gasteiger partial charge in [-0.05, 0) is 83.1 Å². The highest BCUT2D eigenvalue weighted by atomic mass is 16.4. The van der Waals surface area contributed by atoms with Crippen LogP contribution in [0.4, 0.5) is 0 Å².